The molecular weight excluding hydrogens is 444 g/mol. The van der Waals surface area contributed by atoms with Crippen LogP contribution in [0.2, 0.25) is 0 Å². The number of anilines is 1. The lowest BCUT2D eigenvalue weighted by Crippen LogP contribution is -2.18. The van der Waals surface area contributed by atoms with Gasteiger partial charge in [0.25, 0.3) is 5.91 Å². The molecule has 0 unspecified atom stereocenters. The maximum atomic E-state index is 13.3. The number of hydrogen-bond acceptors (Lipinski definition) is 4. The fraction of sp³-hybridized carbons (Fsp3) is 0.214. The van der Waals surface area contributed by atoms with Crippen molar-refractivity contribution < 1.29 is 14.3 Å². The van der Waals surface area contributed by atoms with Gasteiger partial charge in [0.05, 0.1) is 18.4 Å². The number of nitrogens with one attached hydrogen (secondary N) is 1. The average Bonchev–Trinajstić information content (AvgIpc) is 3.22. The molecule has 1 aliphatic rings. The normalized spacial score (nSPS) is 12.9. The van der Waals surface area contributed by atoms with Gasteiger partial charge in [-0.25, -0.2) is 0 Å². The predicted molar refractivity (Wildman–Crippen MR) is 137 cm³/mol. The summed E-state index contributed by atoms with van der Waals surface area (Å²) in [6.45, 7) is 0. The summed E-state index contributed by atoms with van der Waals surface area (Å²) in [7, 11) is 1.57. The number of aromatic nitrogens is 1. The predicted octanol–water partition coefficient (Wildman–Crippen LogP) is 6.21. The molecule has 172 valence electrons. The van der Waals surface area contributed by atoms with E-state index >= 15 is 0 Å². The minimum Gasteiger partial charge on any atom is -0.497 e. The maximum Gasteiger partial charge on any atom is 0.255 e. The monoisotopic (exact) mass is 470 g/mol. The fourth-order valence-electron chi connectivity index (χ4n) is 4.62. The van der Waals surface area contributed by atoms with Crippen LogP contribution in [0, 0.1) is 0 Å². The first-order valence-electron chi connectivity index (χ1n) is 11.5. The second-order valence-corrected chi connectivity index (χ2v) is 9.43. The summed E-state index contributed by atoms with van der Waals surface area (Å²) >= 11 is 1.49. The molecule has 5 nitrogen and oxygen atoms in total. The summed E-state index contributed by atoms with van der Waals surface area (Å²) < 4.78 is 7.14. The van der Waals surface area contributed by atoms with Crippen LogP contribution in [0.4, 0.5) is 5.69 Å². The van der Waals surface area contributed by atoms with Crippen molar-refractivity contribution in [2.45, 2.75) is 30.6 Å². The van der Waals surface area contributed by atoms with Gasteiger partial charge in [0, 0.05) is 27.2 Å². The van der Waals surface area contributed by atoms with Crippen LogP contribution in [0.3, 0.4) is 0 Å². The Kier molecular flexibility index (Phi) is 6.41. The number of hydrogen-bond donors (Lipinski definition) is 1. The van der Waals surface area contributed by atoms with Crippen LogP contribution in [0.25, 0.3) is 10.9 Å². The Hall–Kier alpha value is -3.51. The third-order valence-electron chi connectivity index (χ3n) is 6.21. The van der Waals surface area contributed by atoms with Gasteiger partial charge in [0.15, 0.2) is 0 Å². The maximum absolute atomic E-state index is 13.3. The summed E-state index contributed by atoms with van der Waals surface area (Å²) in [4.78, 5) is 26.9. The molecule has 0 radical (unpaired) electrons. The molecule has 0 bridgehead atoms. The molecule has 0 saturated heterocycles. The van der Waals surface area contributed by atoms with E-state index in [1.807, 2.05) is 47.0 Å². The van der Waals surface area contributed by atoms with E-state index in [0.717, 1.165) is 29.7 Å². The minimum absolute atomic E-state index is 0.0927. The number of methoxy groups -OCH3 is 1. The molecule has 1 amide bonds. The average molecular weight is 471 g/mol. The smallest absolute Gasteiger partial charge is 0.255 e. The number of rotatable bonds is 6. The third kappa shape index (κ3) is 4.46. The van der Waals surface area contributed by atoms with Crippen LogP contribution in [0.15, 0.2) is 77.7 Å². The molecule has 0 spiro atoms. The zero-order valence-corrected chi connectivity index (χ0v) is 19.9. The molecule has 5 rings (SSSR count). The van der Waals surface area contributed by atoms with Gasteiger partial charge in [0.2, 0.25) is 5.91 Å². The summed E-state index contributed by atoms with van der Waals surface area (Å²) in [5.74, 6) is 0.853. The zero-order valence-electron chi connectivity index (χ0n) is 19.0. The Bertz CT molecular complexity index is 1380. The van der Waals surface area contributed by atoms with Crippen molar-refractivity contribution in [1.82, 2.24) is 4.57 Å². The Morgan fingerprint density at radius 3 is 2.68 bits per heavy atom. The van der Waals surface area contributed by atoms with Crippen molar-refractivity contribution in [1.29, 1.82) is 0 Å². The number of nitrogens with zero attached hydrogens (tertiary/aromatic N) is 1. The van der Waals surface area contributed by atoms with Crippen molar-refractivity contribution in [3.8, 4) is 5.75 Å². The Balaban J connectivity index is 1.31. The Morgan fingerprint density at radius 1 is 0.971 bits per heavy atom. The summed E-state index contributed by atoms with van der Waals surface area (Å²) in [6.07, 6.45) is 4.29. The lowest BCUT2D eigenvalue weighted by molar-refractivity contribution is 0.0942. The van der Waals surface area contributed by atoms with E-state index in [-0.39, 0.29) is 11.8 Å². The van der Waals surface area contributed by atoms with Gasteiger partial charge in [-0.15, -0.1) is 11.8 Å². The van der Waals surface area contributed by atoms with Gasteiger partial charge in [-0.3, -0.25) is 14.2 Å². The van der Waals surface area contributed by atoms with E-state index in [0.29, 0.717) is 22.8 Å². The number of ether oxygens (including phenoxy) is 1. The second kappa shape index (κ2) is 9.77. The summed E-state index contributed by atoms with van der Waals surface area (Å²) in [5.41, 5.74) is 4.74. The van der Waals surface area contributed by atoms with Crippen LogP contribution in [-0.2, 0) is 12.8 Å². The van der Waals surface area contributed by atoms with Crippen molar-refractivity contribution in [2.75, 3.05) is 18.2 Å². The highest BCUT2D eigenvalue weighted by atomic mass is 32.2. The molecule has 3 aromatic carbocycles. The first-order valence-corrected chi connectivity index (χ1v) is 12.5. The standard InChI is InChI=1S/C28H26N2O3S/c1-33-21-10-6-8-19(16-21)28(32)29-20-9-7-11-22(17-20)34-18-27(31)30-25-14-4-2-12-23(25)24-13-3-5-15-26(24)30/h2,4,6-12,14,16-17H,3,5,13,15,18H2,1H3,(H,29,32). The number of benzene rings is 3. The number of thioether (sulfide) groups is 1. The van der Waals surface area contributed by atoms with Crippen LogP contribution < -0.4 is 10.1 Å². The van der Waals surface area contributed by atoms with Crippen molar-refractivity contribution in [3.63, 3.8) is 0 Å². The molecule has 1 aliphatic carbocycles. The molecular formula is C28H26N2O3S. The van der Waals surface area contributed by atoms with Crippen molar-refractivity contribution in [3.05, 3.63) is 89.6 Å². The highest BCUT2D eigenvalue weighted by Crippen LogP contribution is 2.33. The Labute approximate surface area is 203 Å². The molecule has 4 aromatic rings. The van der Waals surface area contributed by atoms with E-state index in [1.54, 1.807) is 31.4 Å². The van der Waals surface area contributed by atoms with E-state index in [1.165, 1.54) is 34.8 Å². The molecule has 1 heterocycles. The quantitative estimate of drug-likeness (QED) is 0.340. The molecule has 0 aliphatic heterocycles. The van der Waals surface area contributed by atoms with Crippen LogP contribution >= 0.6 is 11.8 Å². The van der Waals surface area contributed by atoms with E-state index in [9.17, 15) is 9.59 Å². The number of aryl methyl sites for hydroxylation is 1. The zero-order chi connectivity index (χ0) is 23.5. The Morgan fingerprint density at radius 2 is 1.79 bits per heavy atom. The minimum atomic E-state index is -0.206. The lowest BCUT2D eigenvalue weighted by Gasteiger charge is -2.15. The topological polar surface area (TPSA) is 60.3 Å². The van der Waals surface area contributed by atoms with Crippen molar-refractivity contribution >= 4 is 40.2 Å². The van der Waals surface area contributed by atoms with Crippen LogP contribution in [0.1, 0.15) is 39.3 Å². The molecule has 1 aromatic heterocycles. The number of fused-ring (bicyclic) bond motifs is 3. The SMILES string of the molecule is COc1cccc(C(=O)Nc2cccc(SCC(=O)n3c4c(c5ccccc53)CCCC4)c2)c1. The molecule has 0 saturated carbocycles. The number of carbonyl (C=O) groups is 2. The van der Waals surface area contributed by atoms with E-state index in [2.05, 4.69) is 11.4 Å². The molecule has 0 atom stereocenters. The highest BCUT2D eigenvalue weighted by Gasteiger charge is 2.23. The van der Waals surface area contributed by atoms with E-state index in [4.69, 9.17) is 4.74 Å². The lowest BCUT2D eigenvalue weighted by atomic mass is 9.96. The first-order chi connectivity index (χ1) is 16.6. The molecule has 34 heavy (non-hydrogen) atoms. The van der Waals surface area contributed by atoms with E-state index < -0.39 is 0 Å². The summed E-state index contributed by atoms with van der Waals surface area (Å²) in [6, 6.07) is 22.9. The van der Waals surface area contributed by atoms with Gasteiger partial charge < -0.3 is 10.1 Å². The summed E-state index contributed by atoms with van der Waals surface area (Å²) in [5, 5.41) is 4.14. The molecule has 0 fully saturated rings. The van der Waals surface area contributed by atoms with Crippen LogP contribution in [0.5, 0.6) is 5.75 Å². The second-order valence-electron chi connectivity index (χ2n) is 8.38. The number of carbonyl (C=O) groups excluding carboxylic acids is 2. The number of para-hydroxylation sites is 1. The van der Waals surface area contributed by atoms with Crippen molar-refractivity contribution in [2.24, 2.45) is 0 Å². The largest absolute Gasteiger partial charge is 0.497 e. The highest BCUT2D eigenvalue weighted by molar-refractivity contribution is 8.00. The van der Waals surface area contributed by atoms with Gasteiger partial charge in [-0.2, -0.15) is 0 Å². The first kappa shape index (κ1) is 22.3. The van der Waals surface area contributed by atoms with Gasteiger partial charge >= 0.3 is 0 Å². The number of amides is 1. The van der Waals surface area contributed by atoms with Gasteiger partial charge in [-0.05, 0) is 73.7 Å². The van der Waals surface area contributed by atoms with Crippen LogP contribution in [-0.4, -0.2) is 29.2 Å². The fourth-order valence-corrected chi connectivity index (χ4v) is 5.43. The third-order valence-corrected chi connectivity index (χ3v) is 7.19. The molecule has 1 N–H and O–H groups in total. The molecule has 6 heteroatoms. The van der Waals surface area contributed by atoms with Gasteiger partial charge in [0.1, 0.15) is 5.75 Å². The van der Waals surface area contributed by atoms with Gasteiger partial charge in [-0.1, -0.05) is 30.3 Å².